The van der Waals surface area contributed by atoms with Crippen molar-refractivity contribution in [3.63, 3.8) is 0 Å². The molecule has 0 spiro atoms. The highest BCUT2D eigenvalue weighted by molar-refractivity contribution is 7.92. The van der Waals surface area contributed by atoms with Crippen molar-refractivity contribution in [3.8, 4) is 10.6 Å². The van der Waals surface area contributed by atoms with E-state index in [0.717, 1.165) is 41.9 Å². The van der Waals surface area contributed by atoms with Gasteiger partial charge in [0.15, 0.2) is 9.84 Å². The van der Waals surface area contributed by atoms with E-state index in [9.17, 15) is 26.7 Å². The minimum absolute atomic E-state index is 0.0405. The van der Waals surface area contributed by atoms with Crippen LogP contribution in [0.25, 0.3) is 10.6 Å². The third-order valence-corrected chi connectivity index (χ3v) is 12.2. The van der Waals surface area contributed by atoms with Crippen molar-refractivity contribution in [1.29, 1.82) is 0 Å². The number of rotatable bonds is 7. The predicted octanol–water partition coefficient (Wildman–Crippen LogP) is 3.81. The van der Waals surface area contributed by atoms with Gasteiger partial charge in [-0.25, -0.2) is 18.4 Å². The molecule has 242 valence electrons. The number of anilines is 3. The van der Waals surface area contributed by atoms with Crippen LogP contribution in [0.5, 0.6) is 0 Å². The van der Waals surface area contributed by atoms with Crippen LogP contribution >= 0.6 is 23.6 Å². The number of aromatic nitrogens is 2. The number of aliphatic hydroxyl groups is 1. The quantitative estimate of drug-likeness (QED) is 0.355. The van der Waals surface area contributed by atoms with Gasteiger partial charge in [0, 0.05) is 50.8 Å². The summed E-state index contributed by atoms with van der Waals surface area (Å²) in [6.45, 7) is 5.64. The fraction of sp³-hybridized carbons (Fsp3) is 0.483. The molecule has 3 aromatic rings. The van der Waals surface area contributed by atoms with Crippen molar-refractivity contribution >= 4 is 55.7 Å². The predicted molar refractivity (Wildman–Crippen MR) is 170 cm³/mol. The number of benzene rings is 1. The van der Waals surface area contributed by atoms with E-state index in [-0.39, 0.29) is 56.6 Å². The van der Waals surface area contributed by atoms with Gasteiger partial charge >= 0.3 is 6.18 Å². The van der Waals surface area contributed by atoms with Gasteiger partial charge in [0.1, 0.15) is 10.6 Å². The number of thiophene rings is 1. The van der Waals surface area contributed by atoms with Gasteiger partial charge in [-0.2, -0.15) is 13.2 Å². The summed E-state index contributed by atoms with van der Waals surface area (Å²) < 4.78 is 74.2. The van der Waals surface area contributed by atoms with E-state index in [4.69, 9.17) is 17.0 Å². The number of ether oxygens (including phenoxy) is 1. The number of nitrogens with one attached hydrogen (secondary N) is 1. The molecule has 0 amide bonds. The Kier molecular flexibility index (Phi) is 8.82. The third kappa shape index (κ3) is 6.15. The Morgan fingerprint density at radius 1 is 1.18 bits per heavy atom. The molecule has 0 bridgehead atoms. The molecule has 3 aliphatic rings. The molecule has 2 fully saturated rings. The van der Waals surface area contributed by atoms with Gasteiger partial charge in [0.05, 0.1) is 58.0 Å². The zero-order chi connectivity index (χ0) is 32.1. The molecule has 1 aromatic carbocycles. The maximum atomic E-state index is 14.2. The molecule has 10 nitrogen and oxygen atoms in total. The number of nitrogens with zero attached hydrogens (tertiary/aromatic N) is 5. The first-order chi connectivity index (χ1) is 21.4. The molecule has 2 N–H and O–H groups in total. The largest absolute Gasteiger partial charge is 0.420 e. The average Bonchev–Trinajstić information content (AvgIpc) is 3.67. The Hall–Kier alpha value is -2.89. The van der Waals surface area contributed by atoms with Crippen molar-refractivity contribution in [3.05, 3.63) is 46.5 Å². The minimum Gasteiger partial charge on any atom is -0.395 e. The first-order valence-electron chi connectivity index (χ1n) is 14.6. The monoisotopic (exact) mass is 682 g/mol. The van der Waals surface area contributed by atoms with Crippen LogP contribution in [0.3, 0.4) is 0 Å². The maximum absolute atomic E-state index is 14.2. The Bertz CT molecular complexity index is 1720. The number of halogens is 3. The molecule has 2 saturated heterocycles. The SMILES string of the molecule is CCc1cc(N2CCN(CCO)[C@H]3COC[C@H]32)ccc1Nc1ncc(C(F)(F)F)c(-c2cc3c(s2)C(=S)N(C)CCS3(=O)=O)n1. The van der Waals surface area contributed by atoms with E-state index < -0.39 is 27.3 Å². The van der Waals surface area contributed by atoms with Crippen LogP contribution in [0.1, 0.15) is 22.9 Å². The number of aryl methyl sites for hydroxylation is 1. The fourth-order valence-corrected chi connectivity index (χ4v) is 9.55. The van der Waals surface area contributed by atoms with Gasteiger partial charge in [-0.15, -0.1) is 11.3 Å². The van der Waals surface area contributed by atoms with Crippen LogP contribution in [0.15, 0.2) is 35.4 Å². The molecule has 3 aliphatic heterocycles. The van der Waals surface area contributed by atoms with Gasteiger partial charge in [-0.3, -0.25) is 4.90 Å². The molecule has 0 aliphatic carbocycles. The lowest BCUT2D eigenvalue weighted by atomic mass is 10.0. The first-order valence-corrected chi connectivity index (χ1v) is 17.4. The zero-order valence-corrected chi connectivity index (χ0v) is 27.1. The smallest absolute Gasteiger partial charge is 0.395 e. The highest BCUT2D eigenvalue weighted by atomic mass is 32.2. The molecular weight excluding hydrogens is 650 g/mol. The van der Waals surface area contributed by atoms with Crippen LogP contribution in [0.4, 0.5) is 30.5 Å². The Balaban J connectivity index is 1.33. The maximum Gasteiger partial charge on any atom is 0.420 e. The summed E-state index contributed by atoms with van der Waals surface area (Å²) in [5, 5.41) is 12.6. The van der Waals surface area contributed by atoms with Gasteiger partial charge in [0.2, 0.25) is 5.95 Å². The van der Waals surface area contributed by atoms with E-state index in [1.54, 1.807) is 11.9 Å². The molecule has 0 saturated carbocycles. The summed E-state index contributed by atoms with van der Waals surface area (Å²) >= 11 is 6.35. The van der Waals surface area contributed by atoms with Gasteiger partial charge in [0.25, 0.3) is 0 Å². The molecule has 5 heterocycles. The lowest BCUT2D eigenvalue weighted by Crippen LogP contribution is -2.59. The number of aliphatic hydroxyl groups excluding tert-OH is 1. The Labute approximate surface area is 268 Å². The van der Waals surface area contributed by atoms with Crippen LogP contribution in [-0.2, 0) is 27.2 Å². The van der Waals surface area contributed by atoms with Crippen molar-refractivity contribution in [2.24, 2.45) is 0 Å². The van der Waals surface area contributed by atoms with Crippen LogP contribution in [0.2, 0.25) is 0 Å². The topological polar surface area (TPSA) is 111 Å². The fourth-order valence-electron chi connectivity index (χ4n) is 6.12. The van der Waals surface area contributed by atoms with E-state index in [1.165, 1.54) is 6.07 Å². The zero-order valence-electron chi connectivity index (χ0n) is 24.7. The van der Waals surface area contributed by atoms with Crippen LogP contribution in [0, 0.1) is 0 Å². The average molecular weight is 683 g/mol. The van der Waals surface area contributed by atoms with Crippen LogP contribution in [-0.4, -0.2) is 109 Å². The summed E-state index contributed by atoms with van der Waals surface area (Å²) in [4.78, 5) is 14.9. The number of hydrogen-bond acceptors (Lipinski definition) is 11. The van der Waals surface area contributed by atoms with E-state index in [2.05, 4.69) is 31.2 Å². The van der Waals surface area contributed by atoms with Crippen molar-refractivity contribution < 1.29 is 31.4 Å². The second-order valence-electron chi connectivity index (χ2n) is 11.2. The highest BCUT2D eigenvalue weighted by Gasteiger charge is 2.41. The molecule has 45 heavy (non-hydrogen) atoms. The summed E-state index contributed by atoms with van der Waals surface area (Å²) in [7, 11) is -2.10. The number of sulfone groups is 1. The Morgan fingerprint density at radius 3 is 2.69 bits per heavy atom. The number of thiocarbonyl (C=S) groups is 1. The molecule has 0 unspecified atom stereocenters. The van der Waals surface area contributed by atoms with Gasteiger partial charge < -0.3 is 25.0 Å². The number of fused-ring (bicyclic) bond motifs is 2. The number of piperazine rings is 1. The van der Waals surface area contributed by atoms with Crippen molar-refractivity contribution in [2.75, 3.05) is 69.0 Å². The van der Waals surface area contributed by atoms with Gasteiger partial charge in [-0.05, 0) is 36.2 Å². The Morgan fingerprint density at radius 2 is 1.96 bits per heavy atom. The molecule has 6 rings (SSSR count). The van der Waals surface area contributed by atoms with Gasteiger partial charge in [-0.1, -0.05) is 19.1 Å². The lowest BCUT2D eigenvalue weighted by Gasteiger charge is -2.44. The molecule has 16 heteroatoms. The van der Waals surface area contributed by atoms with Crippen molar-refractivity contribution in [2.45, 2.75) is 36.5 Å². The normalized spacial score (nSPS) is 21.9. The lowest BCUT2D eigenvalue weighted by molar-refractivity contribution is -0.137. The highest BCUT2D eigenvalue weighted by Crippen LogP contribution is 2.42. The number of β-amino-alcohol motifs (C(OH)–C–C–N with tert-alkyl or cyclic N) is 1. The summed E-state index contributed by atoms with van der Waals surface area (Å²) in [5.41, 5.74) is 1.10. The molecular formula is C29H33F3N6O4S3. The minimum atomic E-state index is -4.77. The molecule has 2 atom stereocenters. The van der Waals surface area contributed by atoms with Crippen LogP contribution < -0.4 is 10.2 Å². The second kappa shape index (κ2) is 12.4. The summed E-state index contributed by atoms with van der Waals surface area (Å²) in [5.74, 6) is -0.244. The number of alkyl halides is 3. The third-order valence-electron chi connectivity index (χ3n) is 8.55. The second-order valence-corrected chi connectivity index (χ2v) is 14.8. The van der Waals surface area contributed by atoms with E-state index >= 15 is 0 Å². The molecule has 0 radical (unpaired) electrons. The summed E-state index contributed by atoms with van der Waals surface area (Å²) in [6.07, 6.45) is -3.41. The summed E-state index contributed by atoms with van der Waals surface area (Å²) in [6, 6.07) is 7.46. The standard InChI is InChI=1S/C29H33F3N6O4S3/c1-3-17-12-18(38-7-6-37(8-10-39)21-15-42-16-22(21)38)4-5-20(17)34-28-33-14-19(29(30,31)32)25(35-28)23-13-24-26(44-23)27(43)36(2)9-11-45(24,40)41/h4-5,12-14,21-22,39H,3,6-11,15-16H2,1-2H3,(H,33,34,35)/t21-,22+/m0/s1. The number of hydrogen-bond donors (Lipinski definition) is 2. The first kappa shape index (κ1) is 32.1. The van der Waals surface area contributed by atoms with E-state index in [1.807, 2.05) is 19.1 Å². The molecule has 2 aromatic heterocycles. The van der Waals surface area contributed by atoms with Crippen molar-refractivity contribution in [1.82, 2.24) is 19.8 Å². The van der Waals surface area contributed by atoms with E-state index in [0.29, 0.717) is 31.9 Å².